The molecule has 1 aromatic carbocycles. The maximum Gasteiger partial charge on any atom is 0.259 e. The molecule has 3 N–H and O–H groups in total. The molecule has 0 radical (unpaired) electrons. The fourth-order valence-corrected chi connectivity index (χ4v) is 3.03. The number of ether oxygens (including phenoxy) is 1. The van der Waals surface area contributed by atoms with Crippen molar-refractivity contribution in [1.82, 2.24) is 25.1 Å². The van der Waals surface area contributed by atoms with Crippen LogP contribution in [-0.2, 0) is 4.79 Å². The minimum Gasteiger partial charge on any atom is -0.492 e. The molecule has 1 aliphatic heterocycles. The Morgan fingerprint density at radius 2 is 2.21 bits per heavy atom. The lowest BCUT2D eigenvalue weighted by Crippen LogP contribution is -2.59. The minimum absolute atomic E-state index is 0.111. The summed E-state index contributed by atoms with van der Waals surface area (Å²) in [4.78, 5) is 36.4. The number of hydrogen-bond donors (Lipinski definition) is 2. The lowest BCUT2D eigenvalue weighted by molar-refractivity contribution is -0.127. The molecule has 1 fully saturated rings. The van der Waals surface area contributed by atoms with Gasteiger partial charge in [-0.3, -0.25) is 14.5 Å². The number of anilines is 1. The second kappa shape index (κ2) is 9.28. The van der Waals surface area contributed by atoms with Gasteiger partial charge in [-0.15, -0.1) is 0 Å². The number of likely N-dealkylation sites (N-methyl/N-ethyl adjacent to an activating group) is 1. The molecule has 2 aromatic rings. The second-order valence-electron chi connectivity index (χ2n) is 6.67. The first-order chi connectivity index (χ1) is 14.0. The third-order valence-corrected chi connectivity index (χ3v) is 4.68. The van der Waals surface area contributed by atoms with Crippen molar-refractivity contribution in [3.8, 4) is 5.75 Å². The molecule has 1 unspecified atom stereocenters. The standard InChI is InChI=1S/C19H23FN6O3/c1-25-6-7-26(19(28)15-10-22-12-24-17(15)21)11-16(25)18(27)23-5-8-29-14-4-2-3-13(20)9-14/h2-4,9-10,12,16H,5-8,11H2,1H3,(H,23,27)(H2,21,22,24). The molecule has 9 nitrogen and oxygen atoms in total. The zero-order valence-corrected chi connectivity index (χ0v) is 16.0. The van der Waals surface area contributed by atoms with Crippen LogP contribution in [0.2, 0.25) is 0 Å². The highest BCUT2D eigenvalue weighted by Crippen LogP contribution is 2.15. The van der Waals surface area contributed by atoms with E-state index in [1.54, 1.807) is 17.0 Å². The third-order valence-electron chi connectivity index (χ3n) is 4.68. The minimum atomic E-state index is -0.507. The van der Waals surface area contributed by atoms with E-state index in [-0.39, 0.29) is 48.7 Å². The number of carbonyl (C=O) groups excluding carboxylic acids is 2. The largest absolute Gasteiger partial charge is 0.492 e. The van der Waals surface area contributed by atoms with Crippen LogP contribution < -0.4 is 15.8 Å². The van der Waals surface area contributed by atoms with E-state index in [0.717, 1.165) is 0 Å². The Balaban J connectivity index is 1.52. The summed E-state index contributed by atoms with van der Waals surface area (Å²) in [5, 5.41) is 2.79. The van der Waals surface area contributed by atoms with Crippen molar-refractivity contribution in [3.63, 3.8) is 0 Å². The van der Waals surface area contributed by atoms with Gasteiger partial charge in [0.15, 0.2) is 0 Å². The Morgan fingerprint density at radius 3 is 2.97 bits per heavy atom. The van der Waals surface area contributed by atoms with E-state index >= 15 is 0 Å². The van der Waals surface area contributed by atoms with Gasteiger partial charge in [-0.1, -0.05) is 6.07 Å². The van der Waals surface area contributed by atoms with Crippen LogP contribution in [0, 0.1) is 5.82 Å². The molecule has 29 heavy (non-hydrogen) atoms. The highest BCUT2D eigenvalue weighted by molar-refractivity contribution is 5.98. The van der Waals surface area contributed by atoms with Gasteiger partial charge in [0, 0.05) is 31.9 Å². The van der Waals surface area contributed by atoms with Gasteiger partial charge < -0.3 is 20.7 Å². The number of nitrogens with one attached hydrogen (secondary N) is 1. The topological polar surface area (TPSA) is 114 Å². The van der Waals surface area contributed by atoms with Gasteiger partial charge in [-0.25, -0.2) is 14.4 Å². The monoisotopic (exact) mass is 402 g/mol. The number of nitrogen functional groups attached to an aromatic ring is 1. The van der Waals surface area contributed by atoms with E-state index in [1.165, 1.54) is 24.7 Å². The fraction of sp³-hybridized carbons (Fsp3) is 0.368. The molecule has 0 spiro atoms. The number of halogens is 1. The Hall–Kier alpha value is -3.27. The normalized spacial score (nSPS) is 17.0. The van der Waals surface area contributed by atoms with Crippen molar-refractivity contribution in [2.75, 3.05) is 45.6 Å². The number of aromatic nitrogens is 2. The average Bonchev–Trinajstić information content (AvgIpc) is 2.71. The van der Waals surface area contributed by atoms with Gasteiger partial charge in [0.1, 0.15) is 36.4 Å². The van der Waals surface area contributed by atoms with Crippen molar-refractivity contribution < 1.29 is 18.7 Å². The molecule has 2 heterocycles. The first-order valence-corrected chi connectivity index (χ1v) is 9.17. The van der Waals surface area contributed by atoms with Crippen LogP contribution in [0.15, 0.2) is 36.8 Å². The summed E-state index contributed by atoms with van der Waals surface area (Å²) in [6.07, 6.45) is 2.65. The van der Waals surface area contributed by atoms with E-state index in [2.05, 4.69) is 15.3 Å². The first kappa shape index (κ1) is 20.5. The molecular formula is C19H23FN6O3. The summed E-state index contributed by atoms with van der Waals surface area (Å²) in [5.74, 6) is -0.397. The lowest BCUT2D eigenvalue weighted by atomic mass is 10.1. The van der Waals surface area contributed by atoms with Crippen molar-refractivity contribution in [1.29, 1.82) is 0 Å². The molecular weight excluding hydrogens is 379 g/mol. The summed E-state index contributed by atoms with van der Waals surface area (Å²) >= 11 is 0. The Morgan fingerprint density at radius 1 is 1.38 bits per heavy atom. The molecule has 2 amide bonds. The maximum atomic E-state index is 13.1. The maximum absolute atomic E-state index is 13.1. The van der Waals surface area contributed by atoms with Gasteiger partial charge >= 0.3 is 0 Å². The average molecular weight is 402 g/mol. The molecule has 0 aliphatic carbocycles. The molecule has 1 saturated heterocycles. The van der Waals surface area contributed by atoms with Crippen LogP contribution in [0.1, 0.15) is 10.4 Å². The van der Waals surface area contributed by atoms with E-state index in [1.807, 2.05) is 11.9 Å². The van der Waals surface area contributed by atoms with E-state index in [4.69, 9.17) is 10.5 Å². The van der Waals surface area contributed by atoms with Crippen LogP contribution in [0.25, 0.3) is 0 Å². The van der Waals surface area contributed by atoms with Gasteiger partial charge in [0.05, 0.1) is 12.1 Å². The quantitative estimate of drug-likeness (QED) is 0.661. The van der Waals surface area contributed by atoms with Gasteiger partial charge in [0.25, 0.3) is 5.91 Å². The third kappa shape index (κ3) is 5.17. The molecule has 1 aliphatic rings. The van der Waals surface area contributed by atoms with Crippen molar-refractivity contribution >= 4 is 17.6 Å². The number of piperazine rings is 1. The van der Waals surface area contributed by atoms with Crippen LogP contribution in [0.3, 0.4) is 0 Å². The number of nitrogens with zero attached hydrogens (tertiary/aromatic N) is 4. The summed E-state index contributed by atoms with van der Waals surface area (Å²) < 4.78 is 18.6. The molecule has 0 bridgehead atoms. The molecule has 10 heteroatoms. The summed E-state index contributed by atoms with van der Waals surface area (Å²) in [6, 6.07) is 5.29. The number of nitrogens with two attached hydrogens (primary N) is 1. The van der Waals surface area contributed by atoms with Gasteiger partial charge in [-0.2, -0.15) is 0 Å². The highest BCUT2D eigenvalue weighted by Gasteiger charge is 2.33. The molecule has 154 valence electrons. The zero-order valence-electron chi connectivity index (χ0n) is 16.0. The highest BCUT2D eigenvalue weighted by atomic mass is 19.1. The molecule has 1 aromatic heterocycles. The molecule has 1 atom stereocenters. The van der Waals surface area contributed by atoms with E-state index < -0.39 is 6.04 Å². The number of benzene rings is 1. The van der Waals surface area contributed by atoms with E-state index in [0.29, 0.717) is 18.8 Å². The summed E-state index contributed by atoms with van der Waals surface area (Å²) in [6.45, 7) is 1.69. The van der Waals surface area contributed by atoms with Crippen molar-refractivity contribution in [3.05, 3.63) is 48.2 Å². The Bertz CT molecular complexity index is 881. The van der Waals surface area contributed by atoms with Crippen molar-refractivity contribution in [2.45, 2.75) is 6.04 Å². The fourth-order valence-electron chi connectivity index (χ4n) is 3.03. The van der Waals surface area contributed by atoms with Crippen LogP contribution in [0.4, 0.5) is 10.2 Å². The summed E-state index contributed by atoms with van der Waals surface area (Å²) in [7, 11) is 1.83. The van der Waals surface area contributed by atoms with Gasteiger partial charge in [0.2, 0.25) is 5.91 Å². The second-order valence-corrected chi connectivity index (χ2v) is 6.67. The SMILES string of the molecule is CN1CCN(C(=O)c2cncnc2N)CC1C(=O)NCCOc1cccc(F)c1. The summed E-state index contributed by atoms with van der Waals surface area (Å²) in [5.41, 5.74) is 5.98. The van der Waals surface area contributed by atoms with E-state index in [9.17, 15) is 14.0 Å². The van der Waals surface area contributed by atoms with Crippen molar-refractivity contribution in [2.24, 2.45) is 0 Å². The number of hydrogen-bond acceptors (Lipinski definition) is 7. The molecule has 0 saturated carbocycles. The smallest absolute Gasteiger partial charge is 0.259 e. The molecule has 3 rings (SSSR count). The number of rotatable bonds is 6. The van der Waals surface area contributed by atoms with Crippen LogP contribution >= 0.6 is 0 Å². The Kier molecular flexibility index (Phi) is 6.55. The van der Waals surface area contributed by atoms with Crippen LogP contribution in [-0.4, -0.2) is 77.5 Å². The van der Waals surface area contributed by atoms with Gasteiger partial charge in [-0.05, 0) is 19.2 Å². The number of amides is 2. The van der Waals surface area contributed by atoms with Crippen LogP contribution in [0.5, 0.6) is 5.75 Å². The lowest BCUT2D eigenvalue weighted by Gasteiger charge is -2.38. The Labute approximate surface area is 167 Å². The predicted molar refractivity (Wildman–Crippen MR) is 104 cm³/mol. The number of carbonyl (C=O) groups is 2. The predicted octanol–water partition coefficient (Wildman–Crippen LogP) is 0.149. The first-order valence-electron chi connectivity index (χ1n) is 9.17. The zero-order chi connectivity index (χ0) is 20.8.